The summed E-state index contributed by atoms with van der Waals surface area (Å²) < 4.78 is 0. The third-order valence-electron chi connectivity index (χ3n) is 3.61. The van der Waals surface area contributed by atoms with Crippen LogP contribution in [-0.2, 0) is 6.54 Å². The molecule has 2 heterocycles. The zero-order valence-electron chi connectivity index (χ0n) is 13.9. The number of nitrogens with zero attached hydrogens (tertiary/aromatic N) is 3. The summed E-state index contributed by atoms with van der Waals surface area (Å²) in [5, 5.41) is 15.4. The maximum absolute atomic E-state index is 8.94. The Morgan fingerprint density at radius 1 is 0.960 bits per heavy atom. The van der Waals surface area contributed by atoms with Crippen LogP contribution in [0.15, 0.2) is 60.9 Å². The minimum absolute atomic E-state index is 0.136. The molecule has 0 saturated heterocycles. The second kappa shape index (κ2) is 8.75. The molecule has 0 aliphatic heterocycles. The first-order valence-electron chi connectivity index (χ1n) is 8.27. The van der Waals surface area contributed by atoms with Crippen molar-refractivity contribution < 1.29 is 5.11 Å². The molecule has 6 heteroatoms. The lowest BCUT2D eigenvalue weighted by molar-refractivity contribution is 0.292. The summed E-state index contributed by atoms with van der Waals surface area (Å²) >= 11 is 0. The van der Waals surface area contributed by atoms with Gasteiger partial charge in [0.1, 0.15) is 5.82 Å². The largest absolute Gasteiger partial charge is 0.396 e. The van der Waals surface area contributed by atoms with Gasteiger partial charge < -0.3 is 15.7 Å². The summed E-state index contributed by atoms with van der Waals surface area (Å²) in [5.74, 6) is 1.28. The van der Waals surface area contributed by atoms with Gasteiger partial charge in [0.15, 0.2) is 0 Å². The van der Waals surface area contributed by atoms with Gasteiger partial charge in [-0.2, -0.15) is 4.98 Å². The van der Waals surface area contributed by atoms with Crippen LogP contribution in [0, 0.1) is 0 Å². The van der Waals surface area contributed by atoms with E-state index in [1.54, 1.807) is 6.20 Å². The Morgan fingerprint density at radius 3 is 2.60 bits per heavy atom. The van der Waals surface area contributed by atoms with E-state index >= 15 is 0 Å². The number of aliphatic hydroxyl groups excluding tert-OH is 1. The van der Waals surface area contributed by atoms with Crippen LogP contribution in [-0.4, -0.2) is 33.2 Å². The van der Waals surface area contributed by atoms with Gasteiger partial charge in [-0.1, -0.05) is 36.4 Å². The highest BCUT2D eigenvalue weighted by Gasteiger charge is 2.07. The molecule has 1 aromatic carbocycles. The van der Waals surface area contributed by atoms with Crippen molar-refractivity contribution in [3.8, 4) is 11.3 Å². The molecule has 2 aromatic heterocycles. The van der Waals surface area contributed by atoms with Gasteiger partial charge in [-0.25, -0.2) is 4.98 Å². The Bertz CT molecular complexity index is 780. The molecule has 0 aliphatic carbocycles. The average Bonchev–Trinajstić information content (AvgIpc) is 2.68. The van der Waals surface area contributed by atoms with Crippen molar-refractivity contribution in [3.05, 3.63) is 66.5 Å². The van der Waals surface area contributed by atoms with Crippen LogP contribution in [0.4, 0.5) is 11.8 Å². The highest BCUT2D eigenvalue weighted by atomic mass is 16.3. The van der Waals surface area contributed by atoms with Gasteiger partial charge in [0.05, 0.1) is 5.69 Å². The molecule has 25 heavy (non-hydrogen) atoms. The lowest BCUT2D eigenvalue weighted by atomic mass is 10.1. The van der Waals surface area contributed by atoms with E-state index in [1.165, 1.54) is 0 Å². The molecule has 128 valence electrons. The number of benzene rings is 1. The first kappa shape index (κ1) is 16.9. The Morgan fingerprint density at radius 2 is 1.84 bits per heavy atom. The third-order valence-corrected chi connectivity index (χ3v) is 3.61. The second-order valence-electron chi connectivity index (χ2n) is 5.55. The molecule has 0 atom stereocenters. The van der Waals surface area contributed by atoms with Crippen LogP contribution in [0.5, 0.6) is 0 Å². The van der Waals surface area contributed by atoms with Crippen LogP contribution in [0.25, 0.3) is 11.3 Å². The fraction of sp³-hybridized carbons (Fsp3) is 0.211. The molecule has 3 rings (SSSR count). The quantitative estimate of drug-likeness (QED) is 0.549. The van der Waals surface area contributed by atoms with Crippen molar-refractivity contribution in [2.24, 2.45) is 0 Å². The van der Waals surface area contributed by atoms with Gasteiger partial charge in [0, 0.05) is 43.7 Å². The Kier molecular flexibility index (Phi) is 5.90. The zero-order valence-corrected chi connectivity index (χ0v) is 13.9. The minimum Gasteiger partial charge on any atom is -0.396 e. The number of aromatic nitrogens is 3. The summed E-state index contributed by atoms with van der Waals surface area (Å²) in [6.45, 7) is 1.39. The summed E-state index contributed by atoms with van der Waals surface area (Å²) in [4.78, 5) is 13.2. The van der Waals surface area contributed by atoms with Gasteiger partial charge in [-0.05, 0) is 18.1 Å². The number of aliphatic hydroxyl groups is 1. The van der Waals surface area contributed by atoms with E-state index < -0.39 is 0 Å². The maximum Gasteiger partial charge on any atom is 0.225 e. The number of hydrogen-bond donors (Lipinski definition) is 3. The average molecular weight is 335 g/mol. The zero-order chi connectivity index (χ0) is 17.3. The lowest BCUT2D eigenvalue weighted by Crippen LogP contribution is -2.10. The molecule has 0 amide bonds. The van der Waals surface area contributed by atoms with E-state index in [-0.39, 0.29) is 6.61 Å². The van der Waals surface area contributed by atoms with Gasteiger partial charge in [0.2, 0.25) is 5.95 Å². The van der Waals surface area contributed by atoms with Gasteiger partial charge in [-0.3, -0.25) is 4.98 Å². The fourth-order valence-electron chi connectivity index (χ4n) is 2.35. The number of rotatable bonds is 8. The smallest absolute Gasteiger partial charge is 0.225 e. The molecule has 0 saturated carbocycles. The molecule has 0 fully saturated rings. The number of hydrogen-bond acceptors (Lipinski definition) is 6. The monoisotopic (exact) mass is 335 g/mol. The molecular formula is C19H21N5O. The lowest BCUT2D eigenvalue weighted by Gasteiger charge is -2.11. The Hall–Kier alpha value is -2.99. The van der Waals surface area contributed by atoms with E-state index in [0.717, 1.165) is 22.6 Å². The molecule has 0 bridgehead atoms. The Labute approximate surface area is 147 Å². The molecule has 0 unspecified atom stereocenters. The van der Waals surface area contributed by atoms with Crippen molar-refractivity contribution >= 4 is 11.8 Å². The molecular weight excluding hydrogens is 314 g/mol. The highest BCUT2D eigenvalue weighted by Crippen LogP contribution is 2.21. The topological polar surface area (TPSA) is 83.0 Å². The molecule has 6 nitrogen and oxygen atoms in total. The van der Waals surface area contributed by atoms with Crippen molar-refractivity contribution in [1.82, 2.24) is 15.0 Å². The summed E-state index contributed by atoms with van der Waals surface area (Å²) in [7, 11) is 0. The van der Waals surface area contributed by atoms with Crippen LogP contribution < -0.4 is 10.6 Å². The minimum atomic E-state index is 0.136. The standard InChI is InChI=1S/C19H21N5O/c25-11-5-10-21-19-23-17(16-7-2-1-3-8-16)12-18(24-19)22-14-15-6-4-9-20-13-15/h1-4,6-9,12-13,25H,5,10-11,14H2,(H2,21,22,23,24). The molecule has 3 aromatic rings. The van der Waals surface area contributed by atoms with Gasteiger partial charge in [0.25, 0.3) is 0 Å². The highest BCUT2D eigenvalue weighted by molar-refractivity contribution is 5.64. The van der Waals surface area contributed by atoms with Crippen molar-refractivity contribution in [3.63, 3.8) is 0 Å². The van der Waals surface area contributed by atoms with Crippen LogP contribution >= 0.6 is 0 Å². The van der Waals surface area contributed by atoms with E-state index in [2.05, 4.69) is 25.6 Å². The molecule has 3 N–H and O–H groups in total. The van der Waals surface area contributed by atoms with E-state index in [9.17, 15) is 0 Å². The van der Waals surface area contributed by atoms with Crippen LogP contribution in [0.2, 0.25) is 0 Å². The predicted molar refractivity (Wildman–Crippen MR) is 99.2 cm³/mol. The van der Waals surface area contributed by atoms with Gasteiger partial charge >= 0.3 is 0 Å². The van der Waals surface area contributed by atoms with Crippen LogP contribution in [0.1, 0.15) is 12.0 Å². The van der Waals surface area contributed by atoms with Crippen LogP contribution in [0.3, 0.4) is 0 Å². The Balaban J connectivity index is 1.81. The number of pyridine rings is 1. The summed E-state index contributed by atoms with van der Waals surface area (Å²) in [6.07, 6.45) is 4.23. The SMILES string of the molecule is OCCCNc1nc(NCc2cccnc2)cc(-c2ccccc2)n1. The first-order valence-corrected chi connectivity index (χ1v) is 8.27. The second-order valence-corrected chi connectivity index (χ2v) is 5.55. The van der Waals surface area contributed by atoms with E-state index in [0.29, 0.717) is 25.5 Å². The normalized spacial score (nSPS) is 10.4. The van der Waals surface area contributed by atoms with E-state index in [1.807, 2.05) is 54.7 Å². The van der Waals surface area contributed by atoms with Crippen molar-refractivity contribution in [2.45, 2.75) is 13.0 Å². The van der Waals surface area contributed by atoms with E-state index in [4.69, 9.17) is 5.11 Å². The fourth-order valence-corrected chi connectivity index (χ4v) is 2.35. The molecule has 0 spiro atoms. The summed E-state index contributed by atoms with van der Waals surface area (Å²) in [5.41, 5.74) is 2.95. The first-order chi connectivity index (χ1) is 12.3. The summed E-state index contributed by atoms with van der Waals surface area (Å²) in [6, 6.07) is 15.8. The van der Waals surface area contributed by atoms with Crippen molar-refractivity contribution in [2.75, 3.05) is 23.8 Å². The molecule has 0 aliphatic rings. The third kappa shape index (κ3) is 4.99. The van der Waals surface area contributed by atoms with Gasteiger partial charge in [-0.15, -0.1) is 0 Å². The molecule has 0 radical (unpaired) electrons. The number of nitrogens with one attached hydrogen (secondary N) is 2. The number of anilines is 2. The van der Waals surface area contributed by atoms with Crippen molar-refractivity contribution in [1.29, 1.82) is 0 Å². The maximum atomic E-state index is 8.94. The predicted octanol–water partition coefficient (Wildman–Crippen LogP) is 2.95.